The van der Waals surface area contributed by atoms with Crippen LogP contribution in [0.3, 0.4) is 0 Å². The highest BCUT2D eigenvalue weighted by molar-refractivity contribution is 7.85. The summed E-state index contributed by atoms with van der Waals surface area (Å²) in [5.74, 6) is 1.50. The summed E-state index contributed by atoms with van der Waals surface area (Å²) in [4.78, 5) is 11.9. The minimum Gasteiger partial charge on any atom is -0.350 e. The van der Waals surface area contributed by atoms with Gasteiger partial charge in [0, 0.05) is 47.0 Å². The average Bonchev–Trinajstić information content (AvgIpc) is 2.19. The lowest BCUT2D eigenvalue weighted by molar-refractivity contribution is -0.118. The maximum atomic E-state index is 11.9. The molecule has 2 saturated heterocycles. The fourth-order valence-corrected chi connectivity index (χ4v) is 3.21. The second-order valence-electron chi connectivity index (χ2n) is 4.43. The van der Waals surface area contributed by atoms with E-state index < -0.39 is 10.8 Å². The number of carbonyl (C=O) groups excluding carboxylic acids is 1. The van der Waals surface area contributed by atoms with Gasteiger partial charge >= 0.3 is 0 Å². The van der Waals surface area contributed by atoms with E-state index in [-0.39, 0.29) is 11.9 Å². The molecule has 4 nitrogen and oxygen atoms in total. The molecule has 0 atom stereocenters. The van der Waals surface area contributed by atoms with E-state index in [2.05, 4.69) is 10.6 Å². The smallest absolute Gasteiger partial charge is 0.247 e. The van der Waals surface area contributed by atoms with Crippen LogP contribution in [0.25, 0.3) is 0 Å². The zero-order valence-corrected chi connectivity index (χ0v) is 10.4. The van der Waals surface area contributed by atoms with Crippen LogP contribution in [0.2, 0.25) is 0 Å². The van der Waals surface area contributed by atoms with Gasteiger partial charge in [0.1, 0.15) is 0 Å². The van der Waals surface area contributed by atoms with Crippen LogP contribution in [0.1, 0.15) is 19.8 Å². The van der Waals surface area contributed by atoms with Crippen LogP contribution in [0.4, 0.5) is 0 Å². The Morgan fingerprint density at radius 3 is 2.50 bits per heavy atom. The topological polar surface area (TPSA) is 58.2 Å². The van der Waals surface area contributed by atoms with Gasteiger partial charge in [-0.3, -0.25) is 9.00 Å². The molecule has 1 amide bonds. The van der Waals surface area contributed by atoms with Crippen molar-refractivity contribution in [1.29, 1.82) is 0 Å². The predicted octanol–water partition coefficient (Wildman–Crippen LogP) is -0.0666. The summed E-state index contributed by atoms with van der Waals surface area (Å²) in [6, 6.07) is 0.216. The molecule has 2 aliphatic rings. The first-order valence-corrected chi connectivity index (χ1v) is 7.21. The Balaban J connectivity index is 1.85. The molecule has 0 unspecified atom stereocenters. The molecule has 2 rings (SSSR count). The maximum Gasteiger partial charge on any atom is 0.247 e. The Bertz CT molecular complexity index is 336. The minimum atomic E-state index is -0.659. The fourth-order valence-electron chi connectivity index (χ4n) is 1.91. The van der Waals surface area contributed by atoms with Crippen molar-refractivity contribution in [1.82, 2.24) is 10.6 Å². The van der Waals surface area contributed by atoms with Gasteiger partial charge < -0.3 is 10.6 Å². The molecule has 2 aliphatic heterocycles. The van der Waals surface area contributed by atoms with Crippen LogP contribution >= 0.6 is 0 Å². The number of hydrogen-bond acceptors (Lipinski definition) is 3. The maximum absolute atomic E-state index is 11.9. The molecule has 0 radical (unpaired) electrons. The molecular weight excluding hydrogens is 224 g/mol. The molecule has 90 valence electrons. The van der Waals surface area contributed by atoms with Gasteiger partial charge in [-0.2, -0.15) is 0 Å². The Morgan fingerprint density at radius 2 is 2.00 bits per heavy atom. The van der Waals surface area contributed by atoms with Gasteiger partial charge in [-0.15, -0.1) is 0 Å². The molecule has 2 heterocycles. The van der Waals surface area contributed by atoms with Crippen LogP contribution in [0.15, 0.2) is 11.1 Å². The van der Waals surface area contributed by atoms with Crippen molar-refractivity contribution in [2.24, 2.45) is 0 Å². The summed E-state index contributed by atoms with van der Waals surface area (Å²) in [6.07, 6.45) is 1.69. The second kappa shape index (κ2) is 5.10. The van der Waals surface area contributed by atoms with Crippen molar-refractivity contribution < 1.29 is 9.00 Å². The van der Waals surface area contributed by atoms with Crippen LogP contribution in [0.5, 0.6) is 0 Å². The molecule has 0 aromatic carbocycles. The fraction of sp³-hybridized carbons (Fsp3) is 0.727. The summed E-state index contributed by atoms with van der Waals surface area (Å²) < 4.78 is 11.2. The SMILES string of the molecule is CC(C(=O)NC1CCS(=O)CC1)=C1CNC1. The molecule has 0 aromatic rings. The van der Waals surface area contributed by atoms with Crippen molar-refractivity contribution in [3.63, 3.8) is 0 Å². The molecule has 0 saturated carbocycles. The first kappa shape index (κ1) is 11.8. The normalized spacial score (nSPS) is 29.4. The Labute approximate surface area is 98.3 Å². The summed E-state index contributed by atoms with van der Waals surface area (Å²) in [7, 11) is -0.659. The Morgan fingerprint density at radius 1 is 1.38 bits per heavy atom. The zero-order chi connectivity index (χ0) is 11.5. The second-order valence-corrected chi connectivity index (χ2v) is 6.12. The van der Waals surface area contributed by atoms with Gasteiger partial charge in [0.05, 0.1) is 0 Å². The lowest BCUT2D eigenvalue weighted by atomic mass is 10.0. The third-order valence-corrected chi connectivity index (χ3v) is 4.65. The van der Waals surface area contributed by atoms with Crippen molar-refractivity contribution in [3.8, 4) is 0 Å². The quantitative estimate of drug-likeness (QED) is 0.667. The number of amides is 1. The van der Waals surface area contributed by atoms with Gasteiger partial charge in [-0.05, 0) is 25.3 Å². The van der Waals surface area contributed by atoms with Crippen molar-refractivity contribution >= 4 is 16.7 Å². The molecule has 2 fully saturated rings. The lowest BCUT2D eigenvalue weighted by Gasteiger charge is -2.25. The molecule has 0 bridgehead atoms. The molecule has 2 N–H and O–H groups in total. The number of hydrogen-bond donors (Lipinski definition) is 2. The number of nitrogens with one attached hydrogen (secondary N) is 2. The van der Waals surface area contributed by atoms with E-state index in [9.17, 15) is 9.00 Å². The largest absolute Gasteiger partial charge is 0.350 e. The van der Waals surface area contributed by atoms with E-state index in [0.29, 0.717) is 0 Å². The van der Waals surface area contributed by atoms with Gasteiger partial charge in [0.15, 0.2) is 0 Å². The number of carbonyl (C=O) groups is 1. The van der Waals surface area contributed by atoms with E-state index in [1.54, 1.807) is 0 Å². The third-order valence-electron chi connectivity index (χ3n) is 3.27. The van der Waals surface area contributed by atoms with Crippen molar-refractivity contribution in [3.05, 3.63) is 11.1 Å². The van der Waals surface area contributed by atoms with Gasteiger partial charge in [-0.1, -0.05) is 0 Å². The monoisotopic (exact) mass is 242 g/mol. The van der Waals surface area contributed by atoms with Gasteiger partial charge in [0.25, 0.3) is 0 Å². The minimum absolute atomic E-state index is 0.0502. The highest BCUT2D eigenvalue weighted by Gasteiger charge is 2.22. The molecule has 0 aliphatic carbocycles. The Kier molecular flexibility index (Phi) is 3.76. The van der Waals surface area contributed by atoms with Crippen molar-refractivity contribution in [2.45, 2.75) is 25.8 Å². The van der Waals surface area contributed by atoms with Crippen LogP contribution in [0, 0.1) is 0 Å². The summed E-state index contributed by atoms with van der Waals surface area (Å²) in [6.45, 7) is 3.56. The first-order valence-electron chi connectivity index (χ1n) is 5.72. The van der Waals surface area contributed by atoms with E-state index in [4.69, 9.17) is 0 Å². The van der Waals surface area contributed by atoms with E-state index in [1.807, 2.05) is 6.92 Å². The van der Waals surface area contributed by atoms with Gasteiger partial charge in [-0.25, -0.2) is 0 Å². The van der Waals surface area contributed by atoms with Gasteiger partial charge in [0.2, 0.25) is 5.91 Å². The van der Waals surface area contributed by atoms with Crippen LogP contribution in [-0.4, -0.2) is 40.8 Å². The Hall–Kier alpha value is -0.680. The lowest BCUT2D eigenvalue weighted by Crippen LogP contribution is -2.42. The highest BCUT2D eigenvalue weighted by Crippen LogP contribution is 2.12. The molecule has 0 aromatic heterocycles. The van der Waals surface area contributed by atoms with Crippen molar-refractivity contribution in [2.75, 3.05) is 24.6 Å². The summed E-state index contributed by atoms with van der Waals surface area (Å²) in [5, 5.41) is 6.16. The molecular formula is C11H18N2O2S. The first-order chi connectivity index (χ1) is 7.66. The summed E-state index contributed by atoms with van der Waals surface area (Å²) in [5.41, 5.74) is 2.06. The average molecular weight is 242 g/mol. The molecule has 5 heteroatoms. The van der Waals surface area contributed by atoms with E-state index in [0.717, 1.165) is 43.0 Å². The molecule has 16 heavy (non-hydrogen) atoms. The zero-order valence-electron chi connectivity index (χ0n) is 9.54. The number of rotatable bonds is 2. The highest BCUT2D eigenvalue weighted by atomic mass is 32.2. The van der Waals surface area contributed by atoms with E-state index >= 15 is 0 Å². The predicted molar refractivity (Wildman–Crippen MR) is 64.6 cm³/mol. The third kappa shape index (κ3) is 2.71. The van der Waals surface area contributed by atoms with E-state index in [1.165, 1.54) is 5.57 Å². The standard InChI is InChI=1S/C11H18N2O2S/c1-8(9-6-12-7-9)11(14)13-10-2-4-16(15)5-3-10/h10,12H,2-7H2,1H3,(H,13,14). The molecule has 0 spiro atoms. The van der Waals surface area contributed by atoms with Crippen LogP contribution in [-0.2, 0) is 15.6 Å². The van der Waals surface area contributed by atoms with Crippen LogP contribution < -0.4 is 10.6 Å². The summed E-state index contributed by atoms with van der Waals surface area (Å²) >= 11 is 0.